The number of hydrogen-bond acceptors (Lipinski definition) is 4. The van der Waals surface area contributed by atoms with Crippen molar-refractivity contribution in [3.8, 4) is 0 Å². The third-order valence-corrected chi connectivity index (χ3v) is 2.87. The van der Waals surface area contributed by atoms with Gasteiger partial charge in [0.25, 0.3) is 0 Å². The molecule has 1 unspecified atom stereocenters. The Labute approximate surface area is 92.6 Å². The van der Waals surface area contributed by atoms with Gasteiger partial charge in [-0.25, -0.2) is 4.79 Å². The van der Waals surface area contributed by atoms with Crippen molar-refractivity contribution < 1.29 is 24.6 Å². The molecular weight excluding hydrogens is 214 g/mol. The average molecular weight is 229 g/mol. The largest absolute Gasteiger partial charge is 0.475 e. The van der Waals surface area contributed by atoms with Crippen LogP contribution in [0.25, 0.3) is 0 Å². The normalized spacial score (nSPS) is 26.6. The fourth-order valence-corrected chi connectivity index (χ4v) is 1.94. The van der Waals surface area contributed by atoms with Crippen LogP contribution in [-0.2, 0) is 14.4 Å². The molecule has 0 saturated carbocycles. The first-order valence-electron chi connectivity index (χ1n) is 4.96. The summed E-state index contributed by atoms with van der Waals surface area (Å²) in [6.45, 7) is 4.35. The first-order chi connectivity index (χ1) is 7.16. The maximum Gasteiger partial charge on any atom is 0.372 e. The van der Waals surface area contributed by atoms with Crippen LogP contribution in [0.1, 0.15) is 20.8 Å². The number of hydrogen-bond donors (Lipinski definition) is 3. The van der Waals surface area contributed by atoms with Gasteiger partial charge in [-0.2, -0.15) is 0 Å². The minimum atomic E-state index is -1.52. The van der Waals surface area contributed by atoms with Crippen molar-refractivity contribution in [2.45, 2.75) is 32.4 Å². The second kappa shape index (κ2) is 3.86. The number of nitrogens with one attached hydrogen (secondary N) is 1. The molecule has 0 aliphatic carbocycles. The molecule has 0 aromatic rings. The molecule has 0 radical (unpaired) electrons. The third kappa shape index (κ3) is 2.06. The number of carbonyl (C=O) groups excluding carboxylic acids is 2. The maximum absolute atomic E-state index is 11.3. The van der Waals surface area contributed by atoms with Crippen molar-refractivity contribution >= 4 is 17.7 Å². The van der Waals surface area contributed by atoms with E-state index in [0.29, 0.717) is 0 Å². The molecule has 3 atom stereocenters. The smallest absolute Gasteiger partial charge is 0.372 e. The summed E-state index contributed by atoms with van der Waals surface area (Å²) >= 11 is 0. The molecule has 1 aliphatic heterocycles. The van der Waals surface area contributed by atoms with E-state index in [1.165, 1.54) is 20.8 Å². The van der Waals surface area contributed by atoms with Gasteiger partial charge in [-0.05, 0) is 13.8 Å². The van der Waals surface area contributed by atoms with Gasteiger partial charge in [0.05, 0.1) is 17.6 Å². The van der Waals surface area contributed by atoms with Gasteiger partial charge in [0, 0.05) is 5.92 Å². The minimum Gasteiger partial charge on any atom is -0.475 e. The number of rotatable bonds is 4. The summed E-state index contributed by atoms with van der Waals surface area (Å²) in [5.41, 5.74) is -1.26. The molecular formula is C10H15NO5. The van der Waals surface area contributed by atoms with E-state index in [-0.39, 0.29) is 5.91 Å². The van der Waals surface area contributed by atoms with Crippen LogP contribution in [0.4, 0.5) is 0 Å². The first kappa shape index (κ1) is 12.6. The van der Waals surface area contributed by atoms with Crippen LogP contribution in [0.2, 0.25) is 0 Å². The first-order valence-corrected chi connectivity index (χ1v) is 4.96. The zero-order chi connectivity index (χ0) is 12.7. The Morgan fingerprint density at radius 2 is 1.94 bits per heavy atom. The molecule has 1 amide bonds. The number of aliphatic hydroxyl groups is 1. The second-order valence-electron chi connectivity index (χ2n) is 4.62. The Morgan fingerprint density at radius 1 is 1.44 bits per heavy atom. The molecule has 1 fully saturated rings. The van der Waals surface area contributed by atoms with Crippen molar-refractivity contribution in [3.05, 3.63) is 0 Å². The van der Waals surface area contributed by atoms with Crippen LogP contribution < -0.4 is 5.32 Å². The molecule has 90 valence electrons. The molecule has 6 nitrogen and oxygen atoms in total. The summed E-state index contributed by atoms with van der Waals surface area (Å²) in [6.07, 6.45) is 0. The lowest BCUT2D eigenvalue weighted by Crippen LogP contribution is -2.68. The van der Waals surface area contributed by atoms with E-state index < -0.39 is 35.2 Å². The molecule has 0 aromatic carbocycles. The van der Waals surface area contributed by atoms with Gasteiger partial charge in [-0.1, -0.05) is 6.92 Å². The van der Waals surface area contributed by atoms with Crippen molar-refractivity contribution in [1.29, 1.82) is 0 Å². The quantitative estimate of drug-likeness (QED) is 0.431. The molecule has 0 bridgehead atoms. The number of β-lactam (4-membered cyclic amide) rings is 1. The lowest BCUT2D eigenvalue weighted by Gasteiger charge is -2.45. The highest BCUT2D eigenvalue weighted by Gasteiger charge is 2.52. The molecule has 16 heavy (non-hydrogen) atoms. The predicted octanol–water partition coefficient (Wildman–Crippen LogP) is -0.838. The Morgan fingerprint density at radius 3 is 2.25 bits per heavy atom. The van der Waals surface area contributed by atoms with Gasteiger partial charge >= 0.3 is 5.97 Å². The van der Waals surface area contributed by atoms with Crippen LogP contribution in [0, 0.1) is 11.8 Å². The second-order valence-corrected chi connectivity index (χ2v) is 4.62. The van der Waals surface area contributed by atoms with Gasteiger partial charge in [-0.15, -0.1) is 0 Å². The number of carbonyl (C=O) groups is 3. The van der Waals surface area contributed by atoms with Crippen molar-refractivity contribution in [2.75, 3.05) is 0 Å². The van der Waals surface area contributed by atoms with Crippen molar-refractivity contribution in [2.24, 2.45) is 11.8 Å². The number of carboxylic acids is 1. The van der Waals surface area contributed by atoms with Gasteiger partial charge in [0.15, 0.2) is 0 Å². The van der Waals surface area contributed by atoms with Gasteiger partial charge in [0.2, 0.25) is 11.7 Å². The highest BCUT2D eigenvalue weighted by atomic mass is 16.4. The van der Waals surface area contributed by atoms with Crippen molar-refractivity contribution in [1.82, 2.24) is 5.32 Å². The Kier molecular flexibility index (Phi) is 3.05. The van der Waals surface area contributed by atoms with Crippen LogP contribution in [-0.4, -0.2) is 39.5 Å². The molecule has 1 heterocycles. The maximum atomic E-state index is 11.3. The summed E-state index contributed by atoms with van der Waals surface area (Å²) in [7, 11) is 0. The van der Waals surface area contributed by atoms with E-state index in [9.17, 15) is 19.5 Å². The Hall–Kier alpha value is -1.43. The molecule has 1 saturated heterocycles. The van der Waals surface area contributed by atoms with E-state index in [1.807, 2.05) is 0 Å². The minimum absolute atomic E-state index is 0.359. The van der Waals surface area contributed by atoms with Crippen LogP contribution in [0.3, 0.4) is 0 Å². The summed E-state index contributed by atoms with van der Waals surface area (Å²) < 4.78 is 0. The molecule has 1 rings (SSSR count). The average Bonchev–Trinajstić information content (AvgIpc) is 2.08. The monoisotopic (exact) mass is 229 g/mol. The van der Waals surface area contributed by atoms with Crippen molar-refractivity contribution in [3.63, 3.8) is 0 Å². The summed E-state index contributed by atoms with van der Waals surface area (Å²) in [5.74, 6) is -4.43. The fraction of sp³-hybridized carbons (Fsp3) is 0.700. The molecule has 6 heteroatoms. The number of amides is 1. The zero-order valence-corrected chi connectivity index (χ0v) is 9.35. The van der Waals surface area contributed by atoms with E-state index in [0.717, 1.165) is 0 Å². The number of aliphatic carboxylic acids is 1. The summed E-state index contributed by atoms with van der Waals surface area (Å²) in [5, 5.41) is 20.7. The SMILES string of the molecule is CC(C(=O)C(=O)O)[C@@H]1NC(=O)[C@H]1C(C)(C)O. The molecule has 0 aromatic heterocycles. The van der Waals surface area contributed by atoms with E-state index in [2.05, 4.69) is 5.32 Å². The predicted molar refractivity (Wildman–Crippen MR) is 53.5 cm³/mol. The number of Topliss-reactive ketones (excluding diaryl/α,β-unsaturated/α-hetero) is 1. The summed E-state index contributed by atoms with van der Waals surface area (Å²) in [4.78, 5) is 33.0. The highest BCUT2D eigenvalue weighted by molar-refractivity contribution is 6.33. The van der Waals surface area contributed by atoms with Crippen LogP contribution in [0.15, 0.2) is 0 Å². The number of ketones is 1. The summed E-state index contributed by atoms with van der Waals surface area (Å²) in [6, 6.07) is -0.615. The zero-order valence-electron chi connectivity index (χ0n) is 9.35. The molecule has 1 aliphatic rings. The lowest BCUT2D eigenvalue weighted by molar-refractivity contribution is -0.158. The Balaban J connectivity index is 2.80. The topological polar surface area (TPSA) is 104 Å². The van der Waals surface area contributed by atoms with E-state index in [4.69, 9.17) is 5.11 Å². The van der Waals surface area contributed by atoms with Crippen LogP contribution >= 0.6 is 0 Å². The molecule has 0 spiro atoms. The number of carboxylic acid groups (broad SMARTS) is 1. The molecule has 3 N–H and O–H groups in total. The lowest BCUT2D eigenvalue weighted by atomic mass is 9.72. The fourth-order valence-electron chi connectivity index (χ4n) is 1.94. The van der Waals surface area contributed by atoms with E-state index in [1.54, 1.807) is 0 Å². The van der Waals surface area contributed by atoms with Gasteiger partial charge in [0.1, 0.15) is 0 Å². The van der Waals surface area contributed by atoms with Gasteiger partial charge in [-0.3, -0.25) is 9.59 Å². The third-order valence-electron chi connectivity index (χ3n) is 2.87. The van der Waals surface area contributed by atoms with Gasteiger partial charge < -0.3 is 15.5 Å². The standard InChI is InChI=1S/C10H15NO5/c1-4(7(12)9(14)15)6-5(8(13)11-6)10(2,3)16/h4-6,16H,1-3H3,(H,11,13)(H,14,15)/t4?,5-,6-/m0/s1. The van der Waals surface area contributed by atoms with Crippen LogP contribution in [0.5, 0.6) is 0 Å². The van der Waals surface area contributed by atoms with E-state index >= 15 is 0 Å². The Bertz CT molecular complexity index is 344. The highest BCUT2D eigenvalue weighted by Crippen LogP contribution is 2.31.